The predicted octanol–water partition coefficient (Wildman–Crippen LogP) is 4.22. The molecule has 0 radical (unpaired) electrons. The molecule has 30 heavy (non-hydrogen) atoms. The zero-order valence-corrected chi connectivity index (χ0v) is 16.5. The predicted molar refractivity (Wildman–Crippen MR) is 113 cm³/mol. The molecule has 0 unspecified atom stereocenters. The first kappa shape index (κ1) is 18.4. The van der Waals surface area contributed by atoms with Crippen molar-refractivity contribution >= 4 is 11.0 Å². The molecule has 4 aromatic rings. The number of aromatic nitrogens is 1. The number of rotatable bonds is 4. The van der Waals surface area contributed by atoms with Gasteiger partial charge in [0.2, 0.25) is 5.43 Å². The van der Waals surface area contributed by atoms with E-state index < -0.39 is 0 Å². The Morgan fingerprint density at radius 3 is 2.63 bits per heavy atom. The molecule has 6 heteroatoms. The summed E-state index contributed by atoms with van der Waals surface area (Å²) in [5.41, 5.74) is 3.88. The van der Waals surface area contributed by atoms with Gasteiger partial charge in [-0.2, -0.15) is 0 Å². The van der Waals surface area contributed by atoms with Gasteiger partial charge in [0.15, 0.2) is 0 Å². The fraction of sp³-hybridized carbons (Fsp3) is 0.167. The van der Waals surface area contributed by atoms with E-state index in [4.69, 9.17) is 13.9 Å². The van der Waals surface area contributed by atoms with E-state index in [-0.39, 0.29) is 5.43 Å². The van der Waals surface area contributed by atoms with Crippen molar-refractivity contribution in [3.05, 3.63) is 88.5 Å². The second-order valence-corrected chi connectivity index (χ2v) is 7.24. The molecule has 0 atom stereocenters. The van der Waals surface area contributed by atoms with E-state index in [9.17, 15) is 4.79 Å². The lowest BCUT2D eigenvalue weighted by Crippen LogP contribution is -2.31. The van der Waals surface area contributed by atoms with Gasteiger partial charge in [-0.05, 0) is 47.5 Å². The Morgan fingerprint density at radius 1 is 1.07 bits per heavy atom. The third-order valence-electron chi connectivity index (χ3n) is 5.34. The molecular formula is C24H20N2O4. The highest BCUT2D eigenvalue weighted by Gasteiger charge is 2.23. The highest BCUT2D eigenvalue weighted by Crippen LogP contribution is 2.33. The van der Waals surface area contributed by atoms with Crippen molar-refractivity contribution < 1.29 is 13.9 Å². The zero-order chi connectivity index (χ0) is 20.5. The van der Waals surface area contributed by atoms with Gasteiger partial charge in [-0.25, -0.2) is 0 Å². The van der Waals surface area contributed by atoms with E-state index >= 15 is 0 Å². The van der Waals surface area contributed by atoms with Crippen molar-refractivity contribution in [3.63, 3.8) is 0 Å². The summed E-state index contributed by atoms with van der Waals surface area (Å²) in [5.74, 6) is 1.50. The van der Waals surface area contributed by atoms with Crippen molar-refractivity contribution in [2.75, 3.05) is 13.8 Å². The maximum atomic E-state index is 13.2. The summed E-state index contributed by atoms with van der Waals surface area (Å²) in [7, 11) is 1.61. The highest BCUT2D eigenvalue weighted by molar-refractivity contribution is 5.85. The topological polar surface area (TPSA) is 64.8 Å². The fourth-order valence-electron chi connectivity index (χ4n) is 3.77. The zero-order valence-electron chi connectivity index (χ0n) is 16.5. The molecule has 0 spiro atoms. The average molecular weight is 400 g/mol. The minimum atomic E-state index is -0.0597. The Labute approximate surface area is 173 Å². The number of hydrogen-bond acceptors (Lipinski definition) is 6. The van der Waals surface area contributed by atoms with E-state index in [1.54, 1.807) is 25.6 Å². The standard InChI is InChI=1S/C24H20N2O4/c1-28-18-4-2-17(3-5-18)21-14-29-24-19(23(21)27)6-7-22-20(24)13-26(15-30-22)12-16-8-10-25-11-9-16/h2-11,14H,12-13,15H2,1H3. The van der Waals surface area contributed by atoms with Crippen LogP contribution in [0.3, 0.4) is 0 Å². The molecule has 0 amide bonds. The van der Waals surface area contributed by atoms with Crippen LogP contribution < -0.4 is 14.9 Å². The molecule has 0 saturated heterocycles. The third kappa shape index (κ3) is 3.31. The third-order valence-corrected chi connectivity index (χ3v) is 5.34. The van der Waals surface area contributed by atoms with Crippen molar-refractivity contribution in [2.24, 2.45) is 0 Å². The first-order chi connectivity index (χ1) is 14.7. The Morgan fingerprint density at radius 2 is 1.87 bits per heavy atom. The summed E-state index contributed by atoms with van der Waals surface area (Å²) >= 11 is 0. The van der Waals surface area contributed by atoms with Gasteiger partial charge in [-0.15, -0.1) is 0 Å². The summed E-state index contributed by atoms with van der Waals surface area (Å²) in [4.78, 5) is 19.4. The first-order valence-corrected chi connectivity index (χ1v) is 9.69. The minimum Gasteiger partial charge on any atom is -0.497 e. The molecule has 0 fully saturated rings. The Hall–Kier alpha value is -3.64. The Kier molecular flexibility index (Phi) is 4.69. The van der Waals surface area contributed by atoms with E-state index in [0.29, 0.717) is 29.8 Å². The smallest absolute Gasteiger partial charge is 0.200 e. The maximum Gasteiger partial charge on any atom is 0.200 e. The fourth-order valence-corrected chi connectivity index (χ4v) is 3.77. The summed E-state index contributed by atoms with van der Waals surface area (Å²) < 4.78 is 17.1. The van der Waals surface area contributed by atoms with Crippen molar-refractivity contribution in [1.82, 2.24) is 9.88 Å². The van der Waals surface area contributed by atoms with Crippen LogP contribution >= 0.6 is 0 Å². The van der Waals surface area contributed by atoms with Gasteiger partial charge < -0.3 is 13.9 Å². The lowest BCUT2D eigenvalue weighted by Gasteiger charge is -2.29. The van der Waals surface area contributed by atoms with Crippen LogP contribution in [0.25, 0.3) is 22.1 Å². The number of methoxy groups -OCH3 is 1. The van der Waals surface area contributed by atoms with Crippen LogP contribution in [0.4, 0.5) is 0 Å². The quantitative estimate of drug-likeness (QED) is 0.511. The molecule has 1 aliphatic heterocycles. The molecule has 0 saturated carbocycles. The second-order valence-electron chi connectivity index (χ2n) is 7.24. The molecule has 1 aliphatic rings. The van der Waals surface area contributed by atoms with Crippen molar-refractivity contribution in [1.29, 1.82) is 0 Å². The van der Waals surface area contributed by atoms with Gasteiger partial charge in [0.25, 0.3) is 0 Å². The summed E-state index contributed by atoms with van der Waals surface area (Å²) in [6.45, 7) is 1.85. The van der Waals surface area contributed by atoms with E-state index in [1.165, 1.54) is 6.26 Å². The van der Waals surface area contributed by atoms with Gasteiger partial charge >= 0.3 is 0 Å². The van der Waals surface area contributed by atoms with Crippen LogP contribution in [0.15, 0.2) is 76.4 Å². The number of benzene rings is 2. The lowest BCUT2D eigenvalue weighted by molar-refractivity contribution is 0.0890. The summed E-state index contributed by atoms with van der Waals surface area (Å²) in [5, 5.41) is 0.552. The van der Waals surface area contributed by atoms with Gasteiger partial charge in [-0.1, -0.05) is 12.1 Å². The normalized spacial score (nSPS) is 13.6. The molecule has 2 aromatic heterocycles. The molecule has 0 bridgehead atoms. The summed E-state index contributed by atoms with van der Waals surface area (Å²) in [6.07, 6.45) is 5.10. The molecule has 150 valence electrons. The van der Waals surface area contributed by atoms with Crippen molar-refractivity contribution in [3.8, 4) is 22.6 Å². The Bertz CT molecular complexity index is 1250. The molecule has 5 rings (SSSR count). The van der Waals surface area contributed by atoms with E-state index in [1.807, 2.05) is 42.5 Å². The van der Waals surface area contributed by atoms with Gasteiger partial charge in [0, 0.05) is 25.5 Å². The molecule has 2 aromatic carbocycles. The monoisotopic (exact) mass is 400 g/mol. The maximum absolute atomic E-state index is 13.2. The minimum absolute atomic E-state index is 0.0597. The average Bonchev–Trinajstić information content (AvgIpc) is 2.80. The number of ether oxygens (including phenoxy) is 2. The molecule has 0 aliphatic carbocycles. The SMILES string of the molecule is COc1ccc(-c2coc3c4c(ccc3c2=O)OCN(Cc2ccncc2)C4)cc1. The first-order valence-electron chi connectivity index (χ1n) is 9.69. The molecule has 6 nitrogen and oxygen atoms in total. The van der Waals surface area contributed by atoms with Gasteiger partial charge in [0.1, 0.15) is 30.1 Å². The summed E-state index contributed by atoms with van der Waals surface area (Å²) in [6, 6.07) is 15.0. The number of hydrogen-bond donors (Lipinski definition) is 0. The van der Waals surface area contributed by atoms with Gasteiger partial charge in [0.05, 0.1) is 23.6 Å². The highest BCUT2D eigenvalue weighted by atomic mass is 16.5. The van der Waals surface area contributed by atoms with Crippen LogP contribution in [0.5, 0.6) is 11.5 Å². The molecule has 0 N–H and O–H groups in total. The molecule has 3 heterocycles. The molecular weight excluding hydrogens is 380 g/mol. The number of nitrogens with zero attached hydrogens (tertiary/aromatic N) is 2. The van der Waals surface area contributed by atoms with Crippen molar-refractivity contribution in [2.45, 2.75) is 13.1 Å². The van der Waals surface area contributed by atoms with E-state index in [0.717, 1.165) is 34.7 Å². The van der Waals surface area contributed by atoms with Crippen LogP contribution in [-0.4, -0.2) is 23.7 Å². The van der Waals surface area contributed by atoms with Crippen LogP contribution in [0.1, 0.15) is 11.1 Å². The number of fused-ring (bicyclic) bond motifs is 3. The van der Waals surface area contributed by atoms with Gasteiger partial charge in [-0.3, -0.25) is 14.7 Å². The second kappa shape index (κ2) is 7.65. The number of pyridine rings is 1. The van der Waals surface area contributed by atoms with Crippen LogP contribution in [0, 0.1) is 0 Å². The largest absolute Gasteiger partial charge is 0.497 e. The van der Waals surface area contributed by atoms with E-state index in [2.05, 4.69) is 9.88 Å². The van der Waals surface area contributed by atoms with Crippen LogP contribution in [0.2, 0.25) is 0 Å². The van der Waals surface area contributed by atoms with Crippen LogP contribution in [-0.2, 0) is 13.1 Å². The lowest BCUT2D eigenvalue weighted by atomic mass is 10.0. The Balaban J connectivity index is 1.51.